The topological polar surface area (TPSA) is 41.1 Å². The first-order valence-electron chi connectivity index (χ1n) is 6.28. The van der Waals surface area contributed by atoms with Gasteiger partial charge in [0, 0.05) is 38.1 Å². The van der Waals surface area contributed by atoms with Gasteiger partial charge >= 0.3 is 0 Å². The number of thiazole rings is 1. The maximum Gasteiger partial charge on any atom is 0.108 e. The van der Waals surface area contributed by atoms with E-state index < -0.39 is 0 Å². The van der Waals surface area contributed by atoms with Crippen molar-refractivity contribution in [1.29, 1.82) is 0 Å². The average molecular weight is 339 g/mol. The van der Waals surface area contributed by atoms with Crippen LogP contribution < -0.4 is 5.32 Å². The van der Waals surface area contributed by atoms with Gasteiger partial charge in [-0.25, -0.2) is 4.98 Å². The second-order valence-electron chi connectivity index (χ2n) is 4.53. The lowest BCUT2D eigenvalue weighted by Gasteiger charge is -2.35. The minimum Gasteiger partial charge on any atom is -0.314 e. The van der Waals surface area contributed by atoms with E-state index in [2.05, 4.69) is 42.2 Å². The van der Waals surface area contributed by atoms with Gasteiger partial charge in [0.15, 0.2) is 0 Å². The molecule has 3 heterocycles. The van der Waals surface area contributed by atoms with Crippen LogP contribution in [-0.4, -0.2) is 34.5 Å². The fourth-order valence-corrected chi connectivity index (χ4v) is 3.70. The van der Waals surface area contributed by atoms with E-state index in [1.165, 1.54) is 5.56 Å². The van der Waals surface area contributed by atoms with Gasteiger partial charge in [0.1, 0.15) is 5.01 Å². The molecule has 1 aliphatic rings. The minimum atomic E-state index is 0.380. The first-order valence-corrected chi connectivity index (χ1v) is 7.89. The second kappa shape index (κ2) is 6.09. The van der Waals surface area contributed by atoms with Gasteiger partial charge in [-0.05, 0) is 27.6 Å². The van der Waals surface area contributed by atoms with Gasteiger partial charge in [-0.15, -0.1) is 11.3 Å². The highest BCUT2D eigenvalue weighted by Gasteiger charge is 2.24. The van der Waals surface area contributed by atoms with Gasteiger partial charge in [0.05, 0.1) is 16.5 Å². The van der Waals surface area contributed by atoms with E-state index in [9.17, 15) is 0 Å². The normalized spacial score (nSPS) is 20.6. The van der Waals surface area contributed by atoms with Gasteiger partial charge in [0.2, 0.25) is 0 Å². The Labute approximate surface area is 125 Å². The molecule has 1 saturated heterocycles. The van der Waals surface area contributed by atoms with Crippen LogP contribution >= 0.6 is 27.3 Å². The van der Waals surface area contributed by atoms with Crippen molar-refractivity contribution < 1.29 is 0 Å². The lowest BCUT2D eigenvalue weighted by atomic mass is 10.1. The van der Waals surface area contributed by atoms with E-state index >= 15 is 0 Å². The minimum absolute atomic E-state index is 0.380. The predicted molar refractivity (Wildman–Crippen MR) is 80.1 cm³/mol. The van der Waals surface area contributed by atoms with E-state index in [4.69, 9.17) is 0 Å². The molecular formula is C13H15BrN4S. The third kappa shape index (κ3) is 3.20. The van der Waals surface area contributed by atoms with Crippen LogP contribution in [0.5, 0.6) is 0 Å². The highest BCUT2D eigenvalue weighted by atomic mass is 79.9. The summed E-state index contributed by atoms with van der Waals surface area (Å²) in [4.78, 5) is 11.1. The van der Waals surface area contributed by atoms with Crippen LogP contribution in [0.3, 0.4) is 0 Å². The number of halogens is 1. The van der Waals surface area contributed by atoms with Crippen molar-refractivity contribution in [3.05, 3.63) is 45.1 Å². The molecule has 0 bridgehead atoms. The largest absolute Gasteiger partial charge is 0.314 e. The molecule has 0 aromatic carbocycles. The smallest absolute Gasteiger partial charge is 0.108 e. The molecule has 0 saturated carbocycles. The number of hydrogen-bond acceptors (Lipinski definition) is 5. The molecular weight excluding hydrogens is 324 g/mol. The quantitative estimate of drug-likeness (QED) is 0.933. The monoisotopic (exact) mass is 338 g/mol. The Morgan fingerprint density at radius 3 is 3.16 bits per heavy atom. The number of piperazine rings is 1. The van der Waals surface area contributed by atoms with Gasteiger partial charge in [0.25, 0.3) is 0 Å². The van der Waals surface area contributed by atoms with E-state index in [1.807, 2.05) is 24.7 Å². The lowest BCUT2D eigenvalue weighted by molar-refractivity contribution is 0.153. The summed E-state index contributed by atoms with van der Waals surface area (Å²) in [5, 5.41) is 4.61. The highest BCUT2D eigenvalue weighted by Crippen LogP contribution is 2.26. The molecule has 1 N–H and O–H groups in total. The molecule has 1 unspecified atom stereocenters. The SMILES string of the molecule is Brc1cnc(CN2CCNCC2c2cccnc2)s1. The summed E-state index contributed by atoms with van der Waals surface area (Å²) in [7, 11) is 0. The molecule has 2 aromatic rings. The van der Waals surface area contributed by atoms with Crippen LogP contribution in [0.2, 0.25) is 0 Å². The van der Waals surface area contributed by atoms with Gasteiger partial charge in [-0.1, -0.05) is 6.07 Å². The van der Waals surface area contributed by atoms with Gasteiger partial charge in [-0.2, -0.15) is 0 Å². The van der Waals surface area contributed by atoms with E-state index in [-0.39, 0.29) is 0 Å². The molecule has 6 heteroatoms. The Kier molecular flexibility index (Phi) is 4.22. The van der Waals surface area contributed by atoms with E-state index in [0.717, 1.165) is 35.0 Å². The lowest BCUT2D eigenvalue weighted by Crippen LogP contribution is -2.45. The molecule has 100 valence electrons. The number of rotatable bonds is 3. The fourth-order valence-electron chi connectivity index (χ4n) is 2.37. The van der Waals surface area contributed by atoms with Crippen LogP contribution in [0.4, 0.5) is 0 Å². The van der Waals surface area contributed by atoms with Crippen molar-refractivity contribution in [3.8, 4) is 0 Å². The number of hydrogen-bond donors (Lipinski definition) is 1. The Balaban J connectivity index is 1.77. The van der Waals surface area contributed by atoms with Crippen molar-refractivity contribution in [2.75, 3.05) is 19.6 Å². The molecule has 0 spiro atoms. The zero-order chi connectivity index (χ0) is 13.1. The standard InChI is InChI=1S/C13H15BrN4S/c14-12-8-17-13(19-12)9-18-5-4-16-7-11(18)10-2-1-3-15-6-10/h1-3,6,8,11,16H,4-5,7,9H2. The third-order valence-electron chi connectivity index (χ3n) is 3.29. The van der Waals surface area contributed by atoms with Gasteiger partial charge in [-0.3, -0.25) is 9.88 Å². The Morgan fingerprint density at radius 2 is 2.42 bits per heavy atom. The summed E-state index contributed by atoms with van der Waals surface area (Å²) in [5.41, 5.74) is 1.27. The summed E-state index contributed by atoms with van der Waals surface area (Å²) < 4.78 is 1.09. The van der Waals surface area contributed by atoms with Crippen LogP contribution in [0.1, 0.15) is 16.6 Å². The van der Waals surface area contributed by atoms with Crippen molar-refractivity contribution in [2.45, 2.75) is 12.6 Å². The van der Waals surface area contributed by atoms with Gasteiger partial charge < -0.3 is 5.32 Å². The number of aromatic nitrogens is 2. The summed E-state index contributed by atoms with van der Waals surface area (Å²) in [6.07, 6.45) is 5.66. The van der Waals surface area contributed by atoms with Crippen LogP contribution in [0, 0.1) is 0 Å². The Morgan fingerprint density at radius 1 is 1.47 bits per heavy atom. The van der Waals surface area contributed by atoms with Crippen LogP contribution in [0.15, 0.2) is 34.5 Å². The van der Waals surface area contributed by atoms with Crippen molar-refractivity contribution >= 4 is 27.3 Å². The molecule has 19 heavy (non-hydrogen) atoms. The predicted octanol–water partition coefficient (Wildman–Crippen LogP) is 2.45. The van der Waals surface area contributed by atoms with Crippen LogP contribution in [0.25, 0.3) is 0 Å². The molecule has 0 amide bonds. The molecule has 0 aliphatic carbocycles. The second-order valence-corrected chi connectivity index (χ2v) is 7.03. The van der Waals surface area contributed by atoms with E-state index in [0.29, 0.717) is 6.04 Å². The third-order valence-corrected chi connectivity index (χ3v) is 4.75. The maximum absolute atomic E-state index is 4.43. The summed E-state index contributed by atoms with van der Waals surface area (Å²) in [5.74, 6) is 0. The molecule has 4 nitrogen and oxygen atoms in total. The first-order chi connectivity index (χ1) is 9.33. The summed E-state index contributed by atoms with van der Waals surface area (Å²) in [6.45, 7) is 3.94. The zero-order valence-corrected chi connectivity index (χ0v) is 12.8. The molecule has 0 radical (unpaired) electrons. The fraction of sp³-hybridized carbons (Fsp3) is 0.385. The van der Waals surface area contributed by atoms with Crippen molar-refractivity contribution in [1.82, 2.24) is 20.2 Å². The summed E-state index contributed by atoms with van der Waals surface area (Å²) in [6, 6.07) is 4.53. The molecule has 3 rings (SSSR count). The Hall–Kier alpha value is -0.820. The Bertz CT molecular complexity index is 530. The average Bonchev–Trinajstić information content (AvgIpc) is 2.86. The highest BCUT2D eigenvalue weighted by molar-refractivity contribution is 9.11. The molecule has 1 atom stereocenters. The van der Waals surface area contributed by atoms with Crippen molar-refractivity contribution in [3.63, 3.8) is 0 Å². The summed E-state index contributed by atoms with van der Waals surface area (Å²) >= 11 is 5.18. The first kappa shape index (κ1) is 13.2. The number of nitrogens with zero attached hydrogens (tertiary/aromatic N) is 3. The van der Waals surface area contributed by atoms with Crippen LogP contribution in [-0.2, 0) is 6.54 Å². The maximum atomic E-state index is 4.43. The molecule has 1 aliphatic heterocycles. The number of pyridine rings is 1. The molecule has 2 aromatic heterocycles. The zero-order valence-electron chi connectivity index (χ0n) is 10.4. The van der Waals surface area contributed by atoms with E-state index in [1.54, 1.807) is 11.3 Å². The van der Waals surface area contributed by atoms with Crippen molar-refractivity contribution in [2.24, 2.45) is 0 Å². The number of nitrogens with one attached hydrogen (secondary N) is 1. The molecule has 1 fully saturated rings.